The van der Waals surface area contributed by atoms with Crippen molar-refractivity contribution in [1.29, 1.82) is 0 Å². The molecule has 0 fully saturated rings. The molecule has 1 aromatic carbocycles. The van der Waals surface area contributed by atoms with Crippen LogP contribution in [0.4, 0.5) is 17.5 Å². The van der Waals surface area contributed by atoms with E-state index < -0.39 is 0 Å². The highest BCUT2D eigenvalue weighted by Crippen LogP contribution is 2.29. The van der Waals surface area contributed by atoms with Crippen LogP contribution in [0.5, 0.6) is 0 Å². The van der Waals surface area contributed by atoms with E-state index in [0.717, 1.165) is 37.4 Å². The molecular formula is C19H29N5. The number of hydrogen-bond acceptors (Lipinski definition) is 5. The highest BCUT2D eigenvalue weighted by Gasteiger charge is 2.13. The Morgan fingerprint density at radius 3 is 2.46 bits per heavy atom. The SMILES string of the molecule is CCCN(CCC)c1cnnc(Nc2c(C)cccc2C(C)C)n1. The molecule has 5 nitrogen and oxygen atoms in total. The molecule has 1 aromatic heterocycles. The van der Waals surface area contributed by atoms with Crippen molar-refractivity contribution in [2.45, 2.75) is 53.4 Å². The lowest BCUT2D eigenvalue weighted by atomic mass is 9.98. The summed E-state index contributed by atoms with van der Waals surface area (Å²) >= 11 is 0. The summed E-state index contributed by atoms with van der Waals surface area (Å²) in [6.07, 6.45) is 3.92. The van der Waals surface area contributed by atoms with E-state index in [1.807, 2.05) is 0 Å². The largest absolute Gasteiger partial charge is 0.355 e. The average Bonchev–Trinajstić information content (AvgIpc) is 2.56. The quantitative estimate of drug-likeness (QED) is 0.763. The summed E-state index contributed by atoms with van der Waals surface area (Å²) < 4.78 is 0. The van der Waals surface area contributed by atoms with Gasteiger partial charge in [-0.25, -0.2) is 0 Å². The summed E-state index contributed by atoms with van der Waals surface area (Å²) in [4.78, 5) is 6.95. The molecule has 0 saturated carbocycles. The van der Waals surface area contributed by atoms with Gasteiger partial charge in [-0.15, -0.1) is 5.10 Å². The lowest BCUT2D eigenvalue weighted by Gasteiger charge is -2.22. The van der Waals surface area contributed by atoms with Gasteiger partial charge in [-0.1, -0.05) is 45.9 Å². The summed E-state index contributed by atoms with van der Waals surface area (Å²) in [7, 11) is 0. The molecule has 0 bridgehead atoms. The molecule has 0 aliphatic carbocycles. The third kappa shape index (κ3) is 4.43. The van der Waals surface area contributed by atoms with Crippen LogP contribution in [0.1, 0.15) is 57.6 Å². The average molecular weight is 327 g/mol. The van der Waals surface area contributed by atoms with Crippen LogP contribution in [-0.4, -0.2) is 28.3 Å². The standard InChI is InChI=1S/C19H29N5/c1-6-11-24(12-7-2)17-13-20-23-19(21-17)22-18-15(5)9-8-10-16(18)14(3)4/h8-10,13-14H,6-7,11-12H2,1-5H3,(H,21,22,23). The Bertz CT molecular complexity index is 648. The van der Waals surface area contributed by atoms with Gasteiger partial charge in [-0.2, -0.15) is 10.1 Å². The number of aryl methyl sites for hydroxylation is 1. The van der Waals surface area contributed by atoms with Crippen molar-refractivity contribution in [2.75, 3.05) is 23.3 Å². The topological polar surface area (TPSA) is 53.9 Å². The molecule has 2 aromatic rings. The molecule has 1 N–H and O–H groups in total. The predicted molar refractivity (Wildman–Crippen MR) is 101 cm³/mol. The Morgan fingerprint density at radius 1 is 1.12 bits per heavy atom. The predicted octanol–water partition coefficient (Wildman–Crippen LogP) is 4.67. The Morgan fingerprint density at radius 2 is 1.83 bits per heavy atom. The molecule has 0 atom stereocenters. The van der Waals surface area contributed by atoms with Crippen LogP contribution in [0, 0.1) is 6.92 Å². The normalized spacial score (nSPS) is 10.9. The van der Waals surface area contributed by atoms with Crippen molar-refractivity contribution in [2.24, 2.45) is 0 Å². The van der Waals surface area contributed by atoms with E-state index in [-0.39, 0.29) is 0 Å². The minimum absolute atomic E-state index is 0.431. The van der Waals surface area contributed by atoms with E-state index in [9.17, 15) is 0 Å². The van der Waals surface area contributed by atoms with Gasteiger partial charge in [0.1, 0.15) is 0 Å². The zero-order valence-corrected chi connectivity index (χ0v) is 15.5. The fourth-order valence-corrected chi connectivity index (χ4v) is 2.84. The minimum atomic E-state index is 0.431. The number of anilines is 3. The number of benzene rings is 1. The molecule has 0 amide bonds. The molecule has 0 unspecified atom stereocenters. The fourth-order valence-electron chi connectivity index (χ4n) is 2.84. The second-order valence-corrected chi connectivity index (χ2v) is 6.44. The maximum absolute atomic E-state index is 4.69. The third-order valence-corrected chi connectivity index (χ3v) is 4.02. The Kier molecular flexibility index (Phi) is 6.53. The number of hydrogen-bond donors (Lipinski definition) is 1. The van der Waals surface area contributed by atoms with Gasteiger partial charge in [0.25, 0.3) is 0 Å². The first-order chi connectivity index (χ1) is 11.6. The minimum Gasteiger partial charge on any atom is -0.355 e. The van der Waals surface area contributed by atoms with Crippen LogP contribution < -0.4 is 10.2 Å². The summed E-state index contributed by atoms with van der Waals surface area (Å²) in [5.41, 5.74) is 3.54. The number of aromatic nitrogens is 3. The zero-order valence-electron chi connectivity index (χ0n) is 15.5. The summed E-state index contributed by atoms with van der Waals surface area (Å²) in [6, 6.07) is 6.35. The lowest BCUT2D eigenvalue weighted by molar-refractivity contribution is 0.728. The molecule has 0 radical (unpaired) electrons. The first kappa shape index (κ1) is 18.2. The van der Waals surface area contributed by atoms with Crippen molar-refractivity contribution in [3.63, 3.8) is 0 Å². The van der Waals surface area contributed by atoms with Crippen molar-refractivity contribution < 1.29 is 0 Å². The summed E-state index contributed by atoms with van der Waals surface area (Å²) in [5.74, 6) is 1.87. The van der Waals surface area contributed by atoms with Crippen LogP contribution in [0.25, 0.3) is 0 Å². The highest BCUT2D eigenvalue weighted by atomic mass is 15.3. The molecule has 24 heavy (non-hydrogen) atoms. The Balaban J connectivity index is 2.30. The van der Waals surface area contributed by atoms with Gasteiger partial charge in [-0.3, -0.25) is 0 Å². The van der Waals surface area contributed by atoms with Crippen molar-refractivity contribution in [3.8, 4) is 0 Å². The number of nitrogens with one attached hydrogen (secondary N) is 1. The van der Waals surface area contributed by atoms with Gasteiger partial charge in [0, 0.05) is 18.8 Å². The van der Waals surface area contributed by atoms with Crippen molar-refractivity contribution in [1.82, 2.24) is 15.2 Å². The van der Waals surface area contributed by atoms with Crippen molar-refractivity contribution in [3.05, 3.63) is 35.5 Å². The van der Waals surface area contributed by atoms with E-state index in [4.69, 9.17) is 0 Å². The fraction of sp³-hybridized carbons (Fsp3) is 0.526. The number of nitrogens with zero attached hydrogens (tertiary/aromatic N) is 4. The maximum atomic E-state index is 4.69. The van der Waals surface area contributed by atoms with Gasteiger partial charge in [-0.05, 0) is 36.8 Å². The van der Waals surface area contributed by atoms with Gasteiger partial charge in [0.2, 0.25) is 5.95 Å². The molecule has 0 spiro atoms. The highest BCUT2D eigenvalue weighted by molar-refractivity contribution is 5.64. The van der Waals surface area contributed by atoms with Crippen molar-refractivity contribution >= 4 is 17.5 Å². The van der Waals surface area contributed by atoms with Gasteiger partial charge >= 0.3 is 0 Å². The molecule has 0 saturated heterocycles. The molecule has 0 aliphatic heterocycles. The summed E-state index contributed by atoms with van der Waals surface area (Å²) in [6.45, 7) is 12.8. The van der Waals surface area contributed by atoms with E-state index in [1.54, 1.807) is 6.20 Å². The Labute approximate surface area is 145 Å². The molecular weight excluding hydrogens is 298 g/mol. The van der Waals surface area contributed by atoms with Crippen LogP contribution in [0.15, 0.2) is 24.4 Å². The number of rotatable bonds is 8. The van der Waals surface area contributed by atoms with E-state index in [0.29, 0.717) is 11.9 Å². The molecule has 0 aliphatic rings. The van der Waals surface area contributed by atoms with E-state index >= 15 is 0 Å². The van der Waals surface area contributed by atoms with E-state index in [2.05, 4.69) is 78.2 Å². The lowest BCUT2D eigenvalue weighted by Crippen LogP contribution is -2.26. The first-order valence-electron chi connectivity index (χ1n) is 8.88. The Hall–Kier alpha value is -2.17. The molecule has 1 heterocycles. The van der Waals surface area contributed by atoms with Crippen LogP contribution in [0.3, 0.4) is 0 Å². The van der Waals surface area contributed by atoms with Gasteiger partial charge in [0.15, 0.2) is 5.82 Å². The smallest absolute Gasteiger partial charge is 0.249 e. The maximum Gasteiger partial charge on any atom is 0.249 e. The van der Waals surface area contributed by atoms with E-state index in [1.165, 1.54) is 11.1 Å². The third-order valence-electron chi connectivity index (χ3n) is 4.02. The summed E-state index contributed by atoms with van der Waals surface area (Å²) in [5, 5.41) is 11.7. The molecule has 5 heteroatoms. The van der Waals surface area contributed by atoms with Crippen LogP contribution >= 0.6 is 0 Å². The first-order valence-corrected chi connectivity index (χ1v) is 8.88. The number of para-hydroxylation sites is 1. The van der Waals surface area contributed by atoms with Crippen LogP contribution in [0.2, 0.25) is 0 Å². The van der Waals surface area contributed by atoms with Gasteiger partial charge in [0.05, 0.1) is 6.20 Å². The monoisotopic (exact) mass is 327 g/mol. The molecule has 2 rings (SSSR count). The zero-order chi connectivity index (χ0) is 17.5. The second kappa shape index (κ2) is 8.62. The van der Waals surface area contributed by atoms with Crippen LogP contribution in [-0.2, 0) is 0 Å². The van der Waals surface area contributed by atoms with Gasteiger partial charge < -0.3 is 10.2 Å². The second-order valence-electron chi connectivity index (χ2n) is 6.44. The molecule has 130 valence electrons.